The van der Waals surface area contributed by atoms with E-state index in [0.717, 1.165) is 45.3 Å². The molecule has 0 spiro atoms. The van der Waals surface area contributed by atoms with Gasteiger partial charge in [0.1, 0.15) is 11.5 Å². The smallest absolute Gasteiger partial charge is 0.265 e. The van der Waals surface area contributed by atoms with E-state index in [9.17, 15) is 4.79 Å². The molecule has 1 fully saturated rings. The van der Waals surface area contributed by atoms with Crippen molar-refractivity contribution in [3.05, 3.63) is 34.7 Å². The van der Waals surface area contributed by atoms with Crippen molar-refractivity contribution in [2.45, 2.75) is 0 Å². The third kappa shape index (κ3) is 2.03. The summed E-state index contributed by atoms with van der Waals surface area (Å²) in [6, 6.07) is 5.53. The Bertz CT molecular complexity index is 635. The second-order valence-corrected chi connectivity index (χ2v) is 5.51. The number of morpholine rings is 1. The standard InChI is InChI=1S/C12H12N3O2.Al.2H/c16-12-9-11(14-5-7-17-8-6-14)13-10-3-1-2-4-15(10)12;;;/h1-2,4,9H,5-8H2;;;. The van der Waals surface area contributed by atoms with Crippen LogP contribution in [0.5, 0.6) is 0 Å². The Labute approximate surface area is 112 Å². The summed E-state index contributed by atoms with van der Waals surface area (Å²) in [6.07, 6.45) is 1.77. The van der Waals surface area contributed by atoms with Crippen LogP contribution < -0.4 is 14.9 Å². The maximum absolute atomic E-state index is 12.1. The van der Waals surface area contributed by atoms with E-state index in [4.69, 9.17) is 4.74 Å². The molecule has 2 aromatic heterocycles. The van der Waals surface area contributed by atoms with Gasteiger partial charge >= 0.3 is 0 Å². The van der Waals surface area contributed by atoms with Crippen LogP contribution in [0.1, 0.15) is 0 Å². The number of hydrogen-bond acceptors (Lipinski definition) is 4. The van der Waals surface area contributed by atoms with Gasteiger partial charge in [-0.3, -0.25) is 9.20 Å². The van der Waals surface area contributed by atoms with Gasteiger partial charge in [0.05, 0.1) is 13.2 Å². The van der Waals surface area contributed by atoms with Crippen LogP contribution in [0.4, 0.5) is 5.82 Å². The first kappa shape index (κ1) is 11.7. The molecule has 0 N–H and O–H groups in total. The second kappa shape index (κ2) is 4.73. The number of nitrogens with zero attached hydrogens (tertiary/aromatic N) is 3. The Balaban J connectivity index is 2.14. The molecule has 1 aliphatic heterocycles. The van der Waals surface area contributed by atoms with E-state index >= 15 is 0 Å². The molecule has 3 rings (SSSR count). The van der Waals surface area contributed by atoms with Gasteiger partial charge in [0.15, 0.2) is 0 Å². The first-order valence-electron chi connectivity index (χ1n) is 6.07. The highest BCUT2D eigenvalue weighted by atomic mass is 27.0. The molecular weight excluding hydrogens is 245 g/mol. The van der Waals surface area contributed by atoms with Crippen LogP contribution in [-0.4, -0.2) is 52.0 Å². The number of anilines is 1. The second-order valence-electron chi connectivity index (χ2n) is 4.44. The molecule has 2 aromatic rings. The van der Waals surface area contributed by atoms with Crippen molar-refractivity contribution in [3.63, 3.8) is 0 Å². The molecule has 0 aliphatic carbocycles. The molecule has 0 bridgehead atoms. The normalized spacial score (nSPS) is 16.1. The highest BCUT2D eigenvalue weighted by Gasteiger charge is 2.14. The molecule has 1 saturated heterocycles. The van der Waals surface area contributed by atoms with Gasteiger partial charge in [-0.1, -0.05) is 10.5 Å². The van der Waals surface area contributed by atoms with Gasteiger partial charge in [-0.2, -0.15) is 0 Å². The Morgan fingerprint density at radius 1 is 1.33 bits per heavy atom. The fourth-order valence-electron chi connectivity index (χ4n) is 2.20. The zero-order chi connectivity index (χ0) is 12.5. The summed E-state index contributed by atoms with van der Waals surface area (Å²) >= 11 is 0.881. The number of pyridine rings is 1. The molecule has 0 aromatic carbocycles. The van der Waals surface area contributed by atoms with Crippen molar-refractivity contribution in [3.8, 4) is 0 Å². The lowest BCUT2D eigenvalue weighted by molar-refractivity contribution is 0.122. The lowest BCUT2D eigenvalue weighted by atomic mass is 10.4. The van der Waals surface area contributed by atoms with Gasteiger partial charge < -0.3 is 9.64 Å². The zero-order valence-electron chi connectivity index (χ0n) is 10.3. The molecule has 1 aliphatic rings. The van der Waals surface area contributed by atoms with Crippen LogP contribution in [0, 0.1) is 0 Å². The van der Waals surface area contributed by atoms with Crippen molar-refractivity contribution in [2.24, 2.45) is 0 Å². The average Bonchev–Trinajstić information content (AvgIpc) is 2.41. The Kier molecular flexibility index (Phi) is 3.08. The van der Waals surface area contributed by atoms with Crippen molar-refractivity contribution >= 4 is 32.2 Å². The van der Waals surface area contributed by atoms with Crippen LogP contribution in [0.15, 0.2) is 29.2 Å². The predicted octanol–water partition coefficient (Wildman–Crippen LogP) is -1.21. The number of fused-ring (bicyclic) bond motifs is 1. The maximum Gasteiger partial charge on any atom is 0.265 e. The number of ether oxygens (including phenoxy) is 1. The van der Waals surface area contributed by atoms with Crippen molar-refractivity contribution in [1.82, 2.24) is 9.38 Å². The van der Waals surface area contributed by atoms with E-state index < -0.39 is 0 Å². The number of rotatable bonds is 1. The summed E-state index contributed by atoms with van der Waals surface area (Å²) in [5.41, 5.74) is 0.775. The van der Waals surface area contributed by atoms with Gasteiger partial charge in [0, 0.05) is 25.4 Å². The molecule has 0 radical (unpaired) electrons. The summed E-state index contributed by atoms with van der Waals surface area (Å²) in [5, 5.41) is 0. The minimum Gasteiger partial charge on any atom is -0.378 e. The van der Waals surface area contributed by atoms with Crippen LogP contribution in [-0.2, 0) is 4.74 Å². The fraction of sp³-hybridized carbons (Fsp3) is 0.333. The largest absolute Gasteiger partial charge is 0.378 e. The minimum absolute atomic E-state index is 0.0146. The third-order valence-corrected chi connectivity index (χ3v) is 3.99. The van der Waals surface area contributed by atoms with Crippen molar-refractivity contribution in [2.75, 3.05) is 31.2 Å². The van der Waals surface area contributed by atoms with E-state index in [-0.39, 0.29) is 5.56 Å². The van der Waals surface area contributed by atoms with E-state index in [1.54, 1.807) is 16.7 Å². The number of hydrogen-bond donors (Lipinski definition) is 0. The van der Waals surface area contributed by atoms with Gasteiger partial charge in [-0.25, -0.2) is 4.98 Å². The third-order valence-electron chi connectivity index (χ3n) is 3.21. The molecular formula is C12H14AlN3O2. The van der Waals surface area contributed by atoms with E-state index in [0.29, 0.717) is 13.2 Å². The summed E-state index contributed by atoms with van der Waals surface area (Å²) in [7, 11) is 0. The van der Waals surface area contributed by atoms with Gasteiger partial charge in [0.25, 0.3) is 21.8 Å². The molecule has 3 heterocycles. The van der Waals surface area contributed by atoms with Crippen molar-refractivity contribution < 1.29 is 4.74 Å². The Morgan fingerprint density at radius 3 is 2.89 bits per heavy atom. The lowest BCUT2D eigenvalue weighted by Crippen LogP contribution is -2.38. The first-order valence-corrected chi connectivity index (χ1v) is 7.07. The molecule has 92 valence electrons. The maximum atomic E-state index is 12.1. The van der Waals surface area contributed by atoms with E-state index in [2.05, 4.69) is 9.88 Å². The van der Waals surface area contributed by atoms with E-state index in [1.807, 2.05) is 12.1 Å². The summed E-state index contributed by atoms with van der Waals surface area (Å²) in [4.78, 5) is 18.8. The molecule has 5 nitrogen and oxygen atoms in total. The van der Waals surface area contributed by atoms with Crippen LogP contribution in [0.25, 0.3) is 5.65 Å². The Hall–Kier alpha value is -1.35. The van der Waals surface area contributed by atoms with Gasteiger partial charge in [0.2, 0.25) is 0 Å². The topological polar surface area (TPSA) is 46.8 Å². The van der Waals surface area contributed by atoms with Crippen LogP contribution in [0.3, 0.4) is 0 Å². The fourth-order valence-corrected chi connectivity index (χ4v) is 2.75. The SMILES string of the molecule is O=c1cc(N2CCOCC2)nc2[c]([AlH2])cccn12. The summed E-state index contributed by atoms with van der Waals surface area (Å²) in [6.45, 7) is 2.99. The molecule has 0 unspecified atom stereocenters. The average molecular weight is 259 g/mol. The first-order chi connectivity index (χ1) is 8.75. The molecule has 0 amide bonds. The highest BCUT2D eigenvalue weighted by Crippen LogP contribution is 2.10. The van der Waals surface area contributed by atoms with Crippen LogP contribution >= 0.6 is 0 Å². The molecule has 18 heavy (non-hydrogen) atoms. The Morgan fingerprint density at radius 2 is 2.11 bits per heavy atom. The van der Waals surface area contributed by atoms with Gasteiger partial charge in [-0.05, 0) is 6.07 Å². The lowest BCUT2D eigenvalue weighted by Gasteiger charge is -2.27. The summed E-state index contributed by atoms with van der Waals surface area (Å²) in [5.74, 6) is 0.770. The minimum atomic E-state index is -0.0146. The predicted molar refractivity (Wildman–Crippen MR) is 72.7 cm³/mol. The van der Waals surface area contributed by atoms with Crippen LogP contribution in [0.2, 0.25) is 0 Å². The molecule has 6 heteroatoms. The monoisotopic (exact) mass is 259 g/mol. The molecule has 0 saturated carbocycles. The number of aromatic nitrogens is 2. The quantitative estimate of drug-likeness (QED) is 0.603. The summed E-state index contributed by atoms with van der Waals surface area (Å²) < 4.78 is 8.08. The van der Waals surface area contributed by atoms with Crippen molar-refractivity contribution in [1.29, 1.82) is 0 Å². The highest BCUT2D eigenvalue weighted by molar-refractivity contribution is 6.36. The molecule has 0 atom stereocenters. The van der Waals surface area contributed by atoms with E-state index in [1.165, 1.54) is 0 Å². The van der Waals surface area contributed by atoms with Gasteiger partial charge in [-0.15, -0.1) is 0 Å². The zero-order valence-corrected chi connectivity index (χ0v) is 12.3.